The molecule has 1 amide bonds. The second kappa shape index (κ2) is 6.57. The summed E-state index contributed by atoms with van der Waals surface area (Å²) in [6, 6.07) is 4.51. The van der Waals surface area contributed by atoms with Crippen molar-refractivity contribution >= 4 is 17.5 Å². The van der Waals surface area contributed by atoms with Gasteiger partial charge in [0.25, 0.3) is 0 Å². The maximum atomic E-state index is 12.9. The second-order valence-corrected chi connectivity index (χ2v) is 4.17. The van der Waals surface area contributed by atoms with Gasteiger partial charge in [-0.25, -0.2) is 4.39 Å². The minimum atomic E-state index is -0.433. The number of likely N-dealkylation sites (N-methyl/N-ethyl adjacent to an activating group) is 1. The van der Waals surface area contributed by atoms with Crippen LogP contribution in [0.3, 0.4) is 0 Å². The Morgan fingerprint density at radius 3 is 2.82 bits per heavy atom. The van der Waals surface area contributed by atoms with Gasteiger partial charge in [-0.2, -0.15) is 0 Å². The van der Waals surface area contributed by atoms with E-state index in [-0.39, 0.29) is 17.5 Å². The van der Waals surface area contributed by atoms with Gasteiger partial charge in [-0.05, 0) is 24.6 Å². The van der Waals surface area contributed by atoms with Gasteiger partial charge in [0.15, 0.2) is 0 Å². The van der Waals surface area contributed by atoms with Crippen molar-refractivity contribution in [3.8, 4) is 0 Å². The molecule has 0 fully saturated rings. The van der Waals surface area contributed by atoms with Gasteiger partial charge < -0.3 is 10.2 Å². The smallest absolute Gasteiger partial charge is 0.236 e. The standard InChI is InChI=1S/C12H16ClFN2O/c1-3-16(2)12(17)8-15-7-9-4-5-11(14)10(13)6-9/h4-6,15H,3,7-8H2,1-2H3. The molecule has 0 bridgehead atoms. The average molecular weight is 259 g/mol. The van der Waals surface area contributed by atoms with Crippen LogP contribution in [-0.4, -0.2) is 30.9 Å². The number of hydrogen-bond acceptors (Lipinski definition) is 2. The molecule has 0 saturated heterocycles. The number of amides is 1. The van der Waals surface area contributed by atoms with Crippen molar-refractivity contribution in [3.05, 3.63) is 34.6 Å². The van der Waals surface area contributed by atoms with Gasteiger partial charge in [0.1, 0.15) is 5.82 Å². The number of rotatable bonds is 5. The van der Waals surface area contributed by atoms with E-state index in [9.17, 15) is 9.18 Å². The van der Waals surface area contributed by atoms with E-state index in [0.717, 1.165) is 5.56 Å². The van der Waals surface area contributed by atoms with E-state index >= 15 is 0 Å². The Hall–Kier alpha value is -1.13. The highest BCUT2D eigenvalue weighted by Crippen LogP contribution is 2.15. The fourth-order valence-corrected chi connectivity index (χ4v) is 1.48. The van der Waals surface area contributed by atoms with Gasteiger partial charge >= 0.3 is 0 Å². The second-order valence-electron chi connectivity index (χ2n) is 3.76. The van der Waals surface area contributed by atoms with Gasteiger partial charge in [-0.15, -0.1) is 0 Å². The van der Waals surface area contributed by atoms with Crippen LogP contribution in [0.4, 0.5) is 4.39 Å². The van der Waals surface area contributed by atoms with Gasteiger partial charge in [0.05, 0.1) is 11.6 Å². The summed E-state index contributed by atoms with van der Waals surface area (Å²) >= 11 is 5.65. The number of nitrogens with zero attached hydrogens (tertiary/aromatic N) is 1. The van der Waals surface area contributed by atoms with E-state index in [4.69, 9.17) is 11.6 Å². The minimum Gasteiger partial charge on any atom is -0.345 e. The van der Waals surface area contributed by atoms with Crippen molar-refractivity contribution in [2.45, 2.75) is 13.5 Å². The van der Waals surface area contributed by atoms with E-state index in [2.05, 4.69) is 5.32 Å². The van der Waals surface area contributed by atoms with Crippen LogP contribution in [0.15, 0.2) is 18.2 Å². The quantitative estimate of drug-likeness (QED) is 0.877. The van der Waals surface area contributed by atoms with Gasteiger partial charge in [-0.3, -0.25) is 4.79 Å². The third-order valence-electron chi connectivity index (χ3n) is 2.49. The number of halogens is 2. The molecular weight excluding hydrogens is 243 g/mol. The topological polar surface area (TPSA) is 32.3 Å². The summed E-state index contributed by atoms with van der Waals surface area (Å²) in [6.45, 7) is 3.35. The lowest BCUT2D eigenvalue weighted by molar-refractivity contribution is -0.128. The van der Waals surface area contributed by atoms with Crippen LogP contribution in [0.25, 0.3) is 0 Å². The molecule has 0 aliphatic rings. The maximum absolute atomic E-state index is 12.9. The van der Waals surface area contributed by atoms with Crippen LogP contribution in [0.5, 0.6) is 0 Å². The van der Waals surface area contributed by atoms with E-state index in [1.54, 1.807) is 24.1 Å². The molecule has 0 saturated carbocycles. The molecule has 94 valence electrons. The monoisotopic (exact) mass is 258 g/mol. The Morgan fingerprint density at radius 2 is 2.24 bits per heavy atom. The Balaban J connectivity index is 2.41. The first-order chi connectivity index (χ1) is 8.04. The molecule has 17 heavy (non-hydrogen) atoms. The van der Waals surface area contributed by atoms with Crippen LogP contribution < -0.4 is 5.32 Å². The number of benzene rings is 1. The molecular formula is C12H16ClFN2O. The number of carbonyl (C=O) groups is 1. The van der Waals surface area contributed by atoms with Crippen LogP contribution in [0.2, 0.25) is 5.02 Å². The van der Waals surface area contributed by atoms with Crippen molar-refractivity contribution in [3.63, 3.8) is 0 Å². The summed E-state index contributed by atoms with van der Waals surface area (Å²) < 4.78 is 12.9. The summed E-state index contributed by atoms with van der Waals surface area (Å²) in [5, 5.41) is 3.09. The molecule has 0 atom stereocenters. The van der Waals surface area contributed by atoms with Gasteiger partial charge in [0, 0.05) is 20.1 Å². The van der Waals surface area contributed by atoms with E-state index in [0.29, 0.717) is 13.1 Å². The fourth-order valence-electron chi connectivity index (χ4n) is 1.27. The van der Waals surface area contributed by atoms with Gasteiger partial charge in [-0.1, -0.05) is 17.7 Å². The first-order valence-corrected chi connectivity index (χ1v) is 5.81. The van der Waals surface area contributed by atoms with Crippen molar-refractivity contribution < 1.29 is 9.18 Å². The fraction of sp³-hybridized carbons (Fsp3) is 0.417. The highest BCUT2D eigenvalue weighted by atomic mass is 35.5. The molecule has 0 aromatic heterocycles. The molecule has 3 nitrogen and oxygen atoms in total. The van der Waals surface area contributed by atoms with Crippen molar-refractivity contribution in [2.75, 3.05) is 20.1 Å². The molecule has 0 spiro atoms. The molecule has 0 aliphatic carbocycles. The zero-order chi connectivity index (χ0) is 12.8. The number of hydrogen-bond donors (Lipinski definition) is 1. The molecule has 0 unspecified atom stereocenters. The van der Waals surface area contributed by atoms with Crippen LogP contribution in [0.1, 0.15) is 12.5 Å². The average Bonchev–Trinajstić information content (AvgIpc) is 2.32. The molecule has 0 radical (unpaired) electrons. The Morgan fingerprint density at radius 1 is 1.53 bits per heavy atom. The predicted octanol–water partition coefficient (Wildman–Crippen LogP) is 2.05. The molecule has 1 aromatic rings. The van der Waals surface area contributed by atoms with Crippen LogP contribution >= 0.6 is 11.6 Å². The highest BCUT2D eigenvalue weighted by Gasteiger charge is 2.06. The summed E-state index contributed by atoms with van der Waals surface area (Å²) in [6.07, 6.45) is 0. The normalized spacial score (nSPS) is 10.4. The Bertz CT molecular complexity index is 398. The maximum Gasteiger partial charge on any atom is 0.236 e. The SMILES string of the molecule is CCN(C)C(=O)CNCc1ccc(F)c(Cl)c1. The molecule has 0 heterocycles. The third-order valence-corrected chi connectivity index (χ3v) is 2.78. The van der Waals surface area contributed by atoms with E-state index in [1.807, 2.05) is 6.92 Å². The zero-order valence-electron chi connectivity index (χ0n) is 9.96. The van der Waals surface area contributed by atoms with Crippen LogP contribution in [-0.2, 0) is 11.3 Å². The summed E-state index contributed by atoms with van der Waals surface area (Å²) in [7, 11) is 1.75. The lowest BCUT2D eigenvalue weighted by atomic mass is 10.2. The van der Waals surface area contributed by atoms with Crippen molar-refractivity contribution in [1.82, 2.24) is 10.2 Å². The van der Waals surface area contributed by atoms with Crippen molar-refractivity contribution in [1.29, 1.82) is 0 Å². The number of carbonyl (C=O) groups excluding carboxylic acids is 1. The molecule has 1 aromatic carbocycles. The highest BCUT2D eigenvalue weighted by molar-refractivity contribution is 6.30. The van der Waals surface area contributed by atoms with E-state index < -0.39 is 5.82 Å². The molecule has 0 aliphatic heterocycles. The first kappa shape index (κ1) is 13.9. The molecule has 5 heteroatoms. The zero-order valence-corrected chi connectivity index (χ0v) is 10.7. The first-order valence-electron chi connectivity index (χ1n) is 5.43. The molecule has 1 N–H and O–H groups in total. The predicted molar refractivity (Wildman–Crippen MR) is 66.4 cm³/mol. The third kappa shape index (κ3) is 4.32. The van der Waals surface area contributed by atoms with Crippen molar-refractivity contribution in [2.24, 2.45) is 0 Å². The lowest BCUT2D eigenvalue weighted by Crippen LogP contribution is -2.35. The summed E-state index contributed by atoms with van der Waals surface area (Å²) in [4.78, 5) is 13.1. The largest absolute Gasteiger partial charge is 0.345 e. The molecule has 1 rings (SSSR count). The lowest BCUT2D eigenvalue weighted by Gasteiger charge is -2.14. The van der Waals surface area contributed by atoms with Crippen LogP contribution in [0, 0.1) is 5.82 Å². The summed E-state index contributed by atoms with van der Waals surface area (Å²) in [5.41, 5.74) is 0.850. The summed E-state index contributed by atoms with van der Waals surface area (Å²) in [5.74, 6) is -0.405. The Labute approximate surface area is 106 Å². The van der Waals surface area contributed by atoms with E-state index in [1.165, 1.54) is 6.07 Å². The number of nitrogens with one attached hydrogen (secondary N) is 1. The Kier molecular flexibility index (Phi) is 5.38. The minimum absolute atomic E-state index is 0.0284. The van der Waals surface area contributed by atoms with Gasteiger partial charge in [0.2, 0.25) is 5.91 Å².